The first-order valence-corrected chi connectivity index (χ1v) is 7.85. The zero-order valence-corrected chi connectivity index (χ0v) is 10.5. The summed E-state index contributed by atoms with van der Waals surface area (Å²) in [4.78, 5) is 11.9. The molecule has 0 unspecified atom stereocenters. The molecule has 0 N–H and O–H groups in total. The van der Waals surface area contributed by atoms with Gasteiger partial charge in [-0.2, -0.15) is 0 Å². The minimum absolute atomic E-state index is 0.105. The fourth-order valence-corrected chi connectivity index (χ4v) is 5.01. The fourth-order valence-electron chi connectivity index (χ4n) is 2.04. The molecular weight excluding hydrogens is 300 g/mol. The van der Waals surface area contributed by atoms with Crippen LogP contribution in [-0.4, -0.2) is 26.7 Å². The van der Waals surface area contributed by atoms with Gasteiger partial charge in [-0.3, -0.25) is 0 Å². The van der Waals surface area contributed by atoms with E-state index in [4.69, 9.17) is 0 Å². The van der Waals surface area contributed by atoms with E-state index in [2.05, 4.69) is 24.3 Å². The van der Waals surface area contributed by atoms with Crippen LogP contribution in [-0.2, 0) is 0 Å². The number of carbonyl (C=O) groups is 1. The summed E-state index contributed by atoms with van der Waals surface area (Å²) in [5.74, 6) is 0.346. The molecule has 0 amide bonds. The molecule has 0 spiro atoms. The van der Waals surface area contributed by atoms with Gasteiger partial charge >= 0.3 is 98.7 Å². The molecule has 2 aromatic carbocycles. The Balaban J connectivity index is 2.40. The van der Waals surface area contributed by atoms with E-state index >= 15 is 0 Å². The number of benzene rings is 2. The first-order chi connectivity index (χ1) is 7.36. The molecule has 1 aliphatic heterocycles. The molecule has 0 radical (unpaired) electrons. The summed E-state index contributed by atoms with van der Waals surface area (Å²) in [7, 11) is 0. The number of fused-ring (bicyclic) bond motifs is 3. The maximum absolute atomic E-state index is 11.9. The number of hydrogen-bond donors (Lipinski definition) is 0. The summed E-state index contributed by atoms with van der Waals surface area (Å²) in [6.45, 7) is 0. The van der Waals surface area contributed by atoms with Gasteiger partial charge in [-0.15, -0.1) is 0 Å². The van der Waals surface area contributed by atoms with E-state index in [9.17, 15) is 4.79 Å². The van der Waals surface area contributed by atoms with Gasteiger partial charge in [0.2, 0.25) is 0 Å². The number of carbonyl (C=O) groups excluding carboxylic acids is 1. The minimum atomic E-state index is -0.105. The van der Waals surface area contributed by atoms with Crippen molar-refractivity contribution in [2.75, 3.05) is 0 Å². The normalized spacial score (nSPS) is 15.3. The Hall–Kier alpha value is -0.840. The van der Waals surface area contributed by atoms with Gasteiger partial charge in [0.25, 0.3) is 0 Å². The third-order valence-electron chi connectivity index (χ3n) is 2.76. The summed E-state index contributed by atoms with van der Waals surface area (Å²) >= 11 is -0.105. The van der Waals surface area contributed by atoms with Crippen molar-refractivity contribution in [1.29, 1.82) is 0 Å². The molecule has 0 atom stereocenters. The Labute approximate surface area is 98.6 Å². The van der Waals surface area contributed by atoms with Crippen molar-refractivity contribution < 1.29 is 4.79 Å². The Bertz CT molecular complexity index is 545. The van der Waals surface area contributed by atoms with Crippen molar-refractivity contribution >= 4 is 41.1 Å². The molecule has 1 nitrogen and oxygen atoms in total. The van der Waals surface area contributed by atoms with Crippen LogP contribution in [0.15, 0.2) is 36.4 Å². The van der Waals surface area contributed by atoms with Gasteiger partial charge in [-0.25, -0.2) is 0 Å². The molecule has 0 fully saturated rings. The Kier molecular flexibility index (Phi) is 2.27. The predicted octanol–water partition coefficient (Wildman–Crippen LogP) is 2.17. The van der Waals surface area contributed by atoms with E-state index in [1.165, 1.54) is 9.00 Å². The topological polar surface area (TPSA) is 17.1 Å². The zero-order chi connectivity index (χ0) is 10.3. The molecule has 1 aliphatic rings. The monoisotopic (exact) mass is 312 g/mol. The summed E-state index contributed by atoms with van der Waals surface area (Å²) in [5.41, 5.74) is 1.03. The molecule has 74 valence electrons. The first kappa shape index (κ1) is 9.39. The SMILES string of the molecule is O=C1CC[Te]c2ccc3ccccc3c21. The number of hydrogen-bond acceptors (Lipinski definition) is 1. The van der Waals surface area contributed by atoms with Crippen LogP contribution in [0.25, 0.3) is 10.8 Å². The van der Waals surface area contributed by atoms with Gasteiger partial charge < -0.3 is 0 Å². The number of Topliss-reactive ketones (excluding diaryl/α,β-unsaturated/α-hetero) is 1. The molecule has 2 heteroatoms. The maximum atomic E-state index is 11.9. The number of ketones is 1. The average molecular weight is 310 g/mol. The molecule has 2 aromatic rings. The van der Waals surface area contributed by atoms with E-state index in [0.717, 1.165) is 21.8 Å². The van der Waals surface area contributed by atoms with Gasteiger partial charge in [0.15, 0.2) is 0 Å². The molecule has 0 aliphatic carbocycles. The zero-order valence-electron chi connectivity index (χ0n) is 8.19. The van der Waals surface area contributed by atoms with E-state index in [1.54, 1.807) is 0 Å². The van der Waals surface area contributed by atoms with Crippen LogP contribution >= 0.6 is 0 Å². The van der Waals surface area contributed by atoms with Gasteiger partial charge in [-0.05, 0) is 0 Å². The first-order valence-electron chi connectivity index (χ1n) is 5.04. The van der Waals surface area contributed by atoms with E-state index < -0.39 is 0 Å². The molecule has 3 rings (SSSR count). The summed E-state index contributed by atoms with van der Waals surface area (Å²) < 4.78 is 2.49. The van der Waals surface area contributed by atoms with Crippen LogP contribution in [0, 0.1) is 0 Å². The van der Waals surface area contributed by atoms with E-state index in [0.29, 0.717) is 5.78 Å². The number of rotatable bonds is 0. The van der Waals surface area contributed by atoms with Crippen molar-refractivity contribution in [1.82, 2.24) is 0 Å². The van der Waals surface area contributed by atoms with Crippen LogP contribution < -0.4 is 3.61 Å². The van der Waals surface area contributed by atoms with Gasteiger partial charge in [0.05, 0.1) is 0 Å². The van der Waals surface area contributed by atoms with Crippen LogP contribution in [0.3, 0.4) is 0 Å². The average Bonchev–Trinajstić information content (AvgIpc) is 2.29. The predicted molar refractivity (Wildman–Crippen MR) is 63.1 cm³/mol. The molecule has 15 heavy (non-hydrogen) atoms. The van der Waals surface area contributed by atoms with Crippen LogP contribution in [0.1, 0.15) is 16.8 Å². The second-order valence-corrected chi connectivity index (χ2v) is 6.93. The van der Waals surface area contributed by atoms with Gasteiger partial charge in [0, 0.05) is 0 Å². The molecule has 0 bridgehead atoms. The standard InChI is InChI=1S/C13H10OTe/c14-11-7-8-15-12-6-5-9-3-1-2-4-10(9)13(11)12/h1-6H,7-8H2. The van der Waals surface area contributed by atoms with Crippen LogP contribution in [0.5, 0.6) is 0 Å². The Morgan fingerprint density at radius 1 is 1.07 bits per heavy atom. The van der Waals surface area contributed by atoms with Crippen LogP contribution in [0.2, 0.25) is 4.47 Å². The van der Waals surface area contributed by atoms with E-state index in [-0.39, 0.29) is 20.9 Å². The van der Waals surface area contributed by atoms with Crippen molar-refractivity contribution in [3.05, 3.63) is 42.0 Å². The van der Waals surface area contributed by atoms with Crippen molar-refractivity contribution in [3.8, 4) is 0 Å². The van der Waals surface area contributed by atoms with Gasteiger partial charge in [-0.1, -0.05) is 0 Å². The molecule has 0 saturated carbocycles. The van der Waals surface area contributed by atoms with Crippen molar-refractivity contribution in [2.45, 2.75) is 10.9 Å². The fraction of sp³-hybridized carbons (Fsp3) is 0.154. The second kappa shape index (κ2) is 3.63. The second-order valence-electron chi connectivity index (χ2n) is 3.68. The van der Waals surface area contributed by atoms with Crippen LogP contribution in [0.4, 0.5) is 0 Å². The molecule has 1 heterocycles. The summed E-state index contributed by atoms with van der Waals surface area (Å²) in [6, 6.07) is 12.5. The van der Waals surface area contributed by atoms with Gasteiger partial charge in [0.1, 0.15) is 0 Å². The third kappa shape index (κ3) is 1.49. The molecular formula is C13H10OTe. The van der Waals surface area contributed by atoms with Crippen molar-refractivity contribution in [3.63, 3.8) is 0 Å². The molecule has 0 aromatic heterocycles. The Morgan fingerprint density at radius 2 is 1.93 bits per heavy atom. The summed E-state index contributed by atoms with van der Waals surface area (Å²) in [5, 5.41) is 2.35. The summed E-state index contributed by atoms with van der Waals surface area (Å²) in [6.07, 6.45) is 0.767. The third-order valence-corrected chi connectivity index (χ3v) is 5.78. The Morgan fingerprint density at radius 3 is 2.87 bits per heavy atom. The quantitative estimate of drug-likeness (QED) is 0.682. The van der Waals surface area contributed by atoms with Crippen molar-refractivity contribution in [2.24, 2.45) is 0 Å². The van der Waals surface area contributed by atoms with E-state index in [1.807, 2.05) is 12.1 Å². The molecule has 0 saturated heterocycles.